The fourth-order valence-electron chi connectivity index (χ4n) is 0.982. The van der Waals surface area contributed by atoms with E-state index in [0.717, 1.165) is 0 Å². The SMILES string of the molecule is CCS(=O)(=O)Nc1ccc(OC)c(Cl)c1. The van der Waals surface area contributed by atoms with Gasteiger partial charge in [-0.3, -0.25) is 4.72 Å². The van der Waals surface area contributed by atoms with Gasteiger partial charge < -0.3 is 4.74 Å². The predicted molar refractivity (Wildman–Crippen MR) is 61.1 cm³/mol. The van der Waals surface area contributed by atoms with Gasteiger partial charge in [-0.1, -0.05) is 11.6 Å². The first-order valence-corrected chi connectivity index (χ1v) is 6.35. The Kier molecular flexibility index (Phi) is 3.82. The number of hydrogen-bond acceptors (Lipinski definition) is 3. The molecule has 0 heterocycles. The highest BCUT2D eigenvalue weighted by Crippen LogP contribution is 2.27. The molecule has 84 valence electrons. The fraction of sp³-hybridized carbons (Fsp3) is 0.333. The van der Waals surface area contributed by atoms with Crippen LogP contribution < -0.4 is 9.46 Å². The van der Waals surface area contributed by atoms with Crippen molar-refractivity contribution in [1.82, 2.24) is 0 Å². The third kappa shape index (κ3) is 3.28. The van der Waals surface area contributed by atoms with E-state index in [2.05, 4.69) is 4.72 Å². The molecule has 1 aromatic carbocycles. The molecule has 0 spiro atoms. The van der Waals surface area contributed by atoms with Gasteiger partial charge in [0.25, 0.3) is 0 Å². The van der Waals surface area contributed by atoms with Crippen LogP contribution in [0.1, 0.15) is 6.92 Å². The van der Waals surface area contributed by atoms with Gasteiger partial charge in [0.1, 0.15) is 5.75 Å². The van der Waals surface area contributed by atoms with Gasteiger partial charge in [0.05, 0.1) is 23.6 Å². The van der Waals surface area contributed by atoms with E-state index in [-0.39, 0.29) is 5.75 Å². The molecule has 1 N–H and O–H groups in total. The van der Waals surface area contributed by atoms with E-state index in [1.54, 1.807) is 19.1 Å². The number of nitrogens with one attached hydrogen (secondary N) is 1. The summed E-state index contributed by atoms with van der Waals surface area (Å²) in [5, 5.41) is 0.369. The highest BCUT2D eigenvalue weighted by atomic mass is 35.5. The van der Waals surface area contributed by atoms with Gasteiger partial charge in [0.2, 0.25) is 10.0 Å². The summed E-state index contributed by atoms with van der Waals surface area (Å²) in [5.41, 5.74) is 0.433. The minimum atomic E-state index is -3.26. The van der Waals surface area contributed by atoms with Crippen LogP contribution in [0.3, 0.4) is 0 Å². The first-order chi connectivity index (χ1) is 6.98. The van der Waals surface area contributed by atoms with Gasteiger partial charge in [-0.2, -0.15) is 0 Å². The Balaban J connectivity index is 2.94. The summed E-state index contributed by atoms with van der Waals surface area (Å²) in [7, 11) is -1.76. The Hall–Kier alpha value is -0.940. The van der Waals surface area contributed by atoms with Crippen LogP contribution in [0.15, 0.2) is 18.2 Å². The number of halogens is 1. The first kappa shape index (κ1) is 12.1. The quantitative estimate of drug-likeness (QED) is 0.889. The van der Waals surface area contributed by atoms with Gasteiger partial charge in [0, 0.05) is 0 Å². The molecule has 0 aliphatic heterocycles. The molecule has 1 aromatic rings. The summed E-state index contributed by atoms with van der Waals surface area (Å²) in [4.78, 5) is 0. The molecule has 0 saturated heterocycles. The standard InChI is InChI=1S/C9H12ClNO3S/c1-3-15(12,13)11-7-4-5-9(14-2)8(10)6-7/h4-6,11H,3H2,1-2H3. The summed E-state index contributed by atoms with van der Waals surface area (Å²) in [6.45, 7) is 1.56. The van der Waals surface area contributed by atoms with Crippen molar-refractivity contribution in [3.63, 3.8) is 0 Å². The molecular weight excluding hydrogens is 238 g/mol. The van der Waals surface area contributed by atoms with Crippen molar-refractivity contribution in [1.29, 1.82) is 0 Å². The lowest BCUT2D eigenvalue weighted by Gasteiger charge is -2.08. The summed E-state index contributed by atoms with van der Waals surface area (Å²) in [6.07, 6.45) is 0. The summed E-state index contributed by atoms with van der Waals surface area (Å²) in [5.74, 6) is 0.535. The predicted octanol–water partition coefficient (Wildman–Crippen LogP) is 2.11. The Morgan fingerprint density at radius 1 is 1.47 bits per heavy atom. The van der Waals surface area contributed by atoms with Gasteiger partial charge >= 0.3 is 0 Å². The van der Waals surface area contributed by atoms with E-state index in [0.29, 0.717) is 16.5 Å². The second-order valence-electron chi connectivity index (χ2n) is 2.85. The zero-order valence-corrected chi connectivity index (χ0v) is 10.0. The van der Waals surface area contributed by atoms with Crippen molar-refractivity contribution in [3.8, 4) is 5.75 Å². The van der Waals surface area contributed by atoms with Crippen molar-refractivity contribution >= 4 is 27.3 Å². The van der Waals surface area contributed by atoms with E-state index in [1.807, 2.05) is 0 Å². The van der Waals surface area contributed by atoms with E-state index in [9.17, 15) is 8.42 Å². The molecule has 0 bridgehead atoms. The van der Waals surface area contributed by atoms with E-state index >= 15 is 0 Å². The Morgan fingerprint density at radius 3 is 2.60 bits per heavy atom. The number of rotatable bonds is 4. The van der Waals surface area contributed by atoms with Crippen LogP contribution in [-0.2, 0) is 10.0 Å². The van der Waals surface area contributed by atoms with Gasteiger partial charge in [-0.15, -0.1) is 0 Å². The molecule has 0 unspecified atom stereocenters. The third-order valence-electron chi connectivity index (χ3n) is 1.81. The van der Waals surface area contributed by atoms with Crippen LogP contribution in [0.2, 0.25) is 5.02 Å². The summed E-state index contributed by atoms with van der Waals surface area (Å²) in [6, 6.07) is 4.71. The number of hydrogen-bond donors (Lipinski definition) is 1. The Morgan fingerprint density at radius 2 is 2.13 bits per heavy atom. The van der Waals surface area contributed by atoms with E-state index in [4.69, 9.17) is 16.3 Å². The van der Waals surface area contributed by atoms with Gasteiger partial charge in [-0.05, 0) is 25.1 Å². The Bertz CT molecular complexity index is 445. The number of benzene rings is 1. The zero-order chi connectivity index (χ0) is 11.5. The molecule has 0 atom stereocenters. The minimum Gasteiger partial charge on any atom is -0.495 e. The highest BCUT2D eigenvalue weighted by Gasteiger charge is 2.08. The molecule has 6 heteroatoms. The van der Waals surface area contributed by atoms with Crippen LogP contribution in [0.5, 0.6) is 5.75 Å². The van der Waals surface area contributed by atoms with Crippen LogP contribution in [0, 0.1) is 0 Å². The average Bonchev–Trinajstić information content (AvgIpc) is 2.17. The van der Waals surface area contributed by atoms with E-state index in [1.165, 1.54) is 13.2 Å². The summed E-state index contributed by atoms with van der Waals surface area (Å²) >= 11 is 5.84. The number of anilines is 1. The average molecular weight is 250 g/mol. The number of ether oxygens (including phenoxy) is 1. The van der Waals surface area contributed by atoms with Crippen LogP contribution >= 0.6 is 11.6 Å². The maximum Gasteiger partial charge on any atom is 0.232 e. The van der Waals surface area contributed by atoms with E-state index < -0.39 is 10.0 Å². The molecular formula is C9H12ClNO3S. The Labute approximate surface area is 94.3 Å². The van der Waals surface area contributed by atoms with Gasteiger partial charge in [0.15, 0.2) is 0 Å². The molecule has 0 fully saturated rings. The van der Waals surface area contributed by atoms with Crippen molar-refractivity contribution < 1.29 is 13.2 Å². The molecule has 0 saturated carbocycles. The van der Waals surface area contributed by atoms with Gasteiger partial charge in [-0.25, -0.2) is 8.42 Å². The molecule has 0 radical (unpaired) electrons. The monoisotopic (exact) mass is 249 g/mol. The number of sulfonamides is 1. The highest BCUT2D eigenvalue weighted by molar-refractivity contribution is 7.92. The molecule has 0 aliphatic rings. The lowest BCUT2D eigenvalue weighted by Crippen LogP contribution is -2.14. The van der Waals surface area contributed by atoms with Crippen LogP contribution in [-0.4, -0.2) is 21.3 Å². The minimum absolute atomic E-state index is 0.0245. The maximum absolute atomic E-state index is 11.2. The molecule has 0 amide bonds. The normalized spacial score (nSPS) is 11.1. The second-order valence-corrected chi connectivity index (χ2v) is 5.27. The smallest absolute Gasteiger partial charge is 0.232 e. The largest absolute Gasteiger partial charge is 0.495 e. The first-order valence-electron chi connectivity index (χ1n) is 4.32. The number of methoxy groups -OCH3 is 1. The molecule has 4 nitrogen and oxygen atoms in total. The van der Waals surface area contributed by atoms with Crippen molar-refractivity contribution in [2.75, 3.05) is 17.6 Å². The van der Waals surface area contributed by atoms with Crippen molar-refractivity contribution in [2.45, 2.75) is 6.92 Å². The lowest BCUT2D eigenvalue weighted by atomic mass is 10.3. The third-order valence-corrected chi connectivity index (χ3v) is 3.41. The molecule has 1 rings (SSSR count). The van der Waals surface area contributed by atoms with Crippen molar-refractivity contribution in [3.05, 3.63) is 23.2 Å². The zero-order valence-electron chi connectivity index (χ0n) is 8.45. The molecule has 0 aromatic heterocycles. The molecule has 0 aliphatic carbocycles. The fourth-order valence-corrected chi connectivity index (χ4v) is 1.87. The summed E-state index contributed by atoms with van der Waals surface area (Å²) < 4.78 is 29.8. The maximum atomic E-state index is 11.2. The van der Waals surface area contributed by atoms with Crippen LogP contribution in [0.25, 0.3) is 0 Å². The topological polar surface area (TPSA) is 55.4 Å². The molecule has 15 heavy (non-hydrogen) atoms. The lowest BCUT2D eigenvalue weighted by molar-refractivity contribution is 0.415. The second kappa shape index (κ2) is 4.72. The van der Waals surface area contributed by atoms with Crippen LogP contribution in [0.4, 0.5) is 5.69 Å². The van der Waals surface area contributed by atoms with Crippen molar-refractivity contribution in [2.24, 2.45) is 0 Å².